The molecule has 1 amide bonds. The fourth-order valence-electron chi connectivity index (χ4n) is 2.81. The zero-order valence-electron chi connectivity index (χ0n) is 18.6. The smallest absolute Gasteiger partial charge is 0.411 e. The molecule has 1 unspecified atom stereocenters. The van der Waals surface area contributed by atoms with Gasteiger partial charge in [0, 0.05) is 0 Å². The van der Waals surface area contributed by atoms with Crippen molar-refractivity contribution >= 4 is 41.6 Å². The molecular formula is C22H22N4O10. The summed E-state index contributed by atoms with van der Waals surface area (Å²) in [5.74, 6) is -5.42. The lowest BCUT2D eigenvalue weighted by Gasteiger charge is -2.25. The predicted octanol–water partition coefficient (Wildman–Crippen LogP) is 0.762. The number of esters is 1. The molecule has 0 aliphatic rings. The van der Waals surface area contributed by atoms with Gasteiger partial charge in [-0.3, -0.25) is 14.5 Å². The number of carboxylic acids is 3. The van der Waals surface area contributed by atoms with Gasteiger partial charge in [-0.15, -0.1) is 0 Å². The number of hydrogen-bond acceptors (Lipinski definition) is 8. The molecule has 0 bridgehead atoms. The summed E-state index contributed by atoms with van der Waals surface area (Å²) in [6.45, 7) is -1.47. The number of carbonyl (C=O) groups is 5. The predicted molar refractivity (Wildman–Crippen MR) is 122 cm³/mol. The van der Waals surface area contributed by atoms with Gasteiger partial charge in [0.1, 0.15) is 24.9 Å². The van der Waals surface area contributed by atoms with Crippen LogP contribution in [0.3, 0.4) is 0 Å². The number of benzene rings is 2. The molecule has 0 saturated heterocycles. The minimum absolute atomic E-state index is 0.132. The van der Waals surface area contributed by atoms with Crippen LogP contribution in [0.1, 0.15) is 22.3 Å². The first-order valence-electron chi connectivity index (χ1n) is 10.1. The molecule has 14 heteroatoms. The van der Waals surface area contributed by atoms with E-state index in [-0.39, 0.29) is 17.3 Å². The molecule has 7 N–H and O–H groups in total. The molecule has 190 valence electrons. The third-order valence-electron chi connectivity index (χ3n) is 4.43. The zero-order valence-corrected chi connectivity index (χ0v) is 18.6. The largest absolute Gasteiger partial charge is 0.481 e. The molecule has 2 aromatic rings. The number of guanidine groups is 1. The number of carboxylic acid groups (broad SMARTS) is 3. The lowest BCUT2D eigenvalue weighted by atomic mass is 10.2. The number of amides is 1. The molecule has 0 fully saturated rings. The Balaban J connectivity index is 2.01. The second-order valence-corrected chi connectivity index (χ2v) is 7.15. The summed E-state index contributed by atoms with van der Waals surface area (Å²) < 4.78 is 10.2. The van der Waals surface area contributed by atoms with Crippen LogP contribution in [0.4, 0.5) is 10.5 Å². The first kappa shape index (κ1) is 27.1. The molecule has 0 radical (unpaired) electrons. The Hall–Kier alpha value is -5.14. The molecule has 14 nitrogen and oxygen atoms in total. The van der Waals surface area contributed by atoms with Crippen LogP contribution in [-0.4, -0.2) is 68.7 Å². The van der Waals surface area contributed by atoms with E-state index in [0.29, 0.717) is 16.2 Å². The summed E-state index contributed by atoms with van der Waals surface area (Å²) in [7, 11) is 0. The third-order valence-corrected chi connectivity index (χ3v) is 4.43. The van der Waals surface area contributed by atoms with Crippen LogP contribution >= 0.6 is 0 Å². The Labute approximate surface area is 203 Å². The van der Waals surface area contributed by atoms with Gasteiger partial charge < -0.3 is 36.3 Å². The van der Waals surface area contributed by atoms with Crippen LogP contribution < -0.4 is 16.2 Å². The van der Waals surface area contributed by atoms with Crippen molar-refractivity contribution in [3.05, 3.63) is 59.7 Å². The summed E-state index contributed by atoms with van der Waals surface area (Å²) in [5, 5.41) is 27.0. The van der Waals surface area contributed by atoms with Crippen molar-refractivity contribution in [2.75, 3.05) is 6.54 Å². The number of aliphatic carboxylic acids is 3. The summed E-state index contributed by atoms with van der Waals surface area (Å²) in [6, 6.07) is 9.76. The summed E-state index contributed by atoms with van der Waals surface area (Å²) in [4.78, 5) is 62.1. The van der Waals surface area contributed by atoms with E-state index < -0.39 is 55.6 Å². The molecule has 36 heavy (non-hydrogen) atoms. The Morgan fingerprint density at radius 2 is 1.50 bits per heavy atom. The Morgan fingerprint density at radius 3 is 2.00 bits per heavy atom. The molecule has 0 aromatic heterocycles. The van der Waals surface area contributed by atoms with Gasteiger partial charge in [-0.05, 0) is 42.0 Å². The number of aliphatic imine (C=N–C) groups is 1. The van der Waals surface area contributed by atoms with E-state index in [9.17, 15) is 29.1 Å². The van der Waals surface area contributed by atoms with Gasteiger partial charge in [0.15, 0.2) is 5.96 Å². The molecule has 0 spiro atoms. The van der Waals surface area contributed by atoms with Crippen molar-refractivity contribution in [1.29, 1.82) is 0 Å². The minimum atomic E-state index is -1.94. The van der Waals surface area contributed by atoms with Crippen molar-refractivity contribution in [3.8, 4) is 5.75 Å². The number of carbonyl (C=O) groups excluding carboxylic acids is 2. The van der Waals surface area contributed by atoms with Gasteiger partial charge in [0.2, 0.25) is 0 Å². The van der Waals surface area contributed by atoms with E-state index in [1.165, 1.54) is 48.5 Å². The summed E-state index contributed by atoms with van der Waals surface area (Å²) in [6.07, 6.45) is -2.35. The fourth-order valence-corrected chi connectivity index (χ4v) is 2.81. The van der Waals surface area contributed by atoms with Gasteiger partial charge in [-0.25, -0.2) is 19.4 Å². The maximum absolute atomic E-state index is 12.3. The van der Waals surface area contributed by atoms with Gasteiger partial charge >= 0.3 is 30.0 Å². The van der Waals surface area contributed by atoms with E-state index >= 15 is 0 Å². The Bertz CT molecular complexity index is 1160. The molecule has 0 saturated carbocycles. The topological polar surface area (TPSA) is 232 Å². The van der Waals surface area contributed by atoms with E-state index in [2.05, 4.69) is 4.99 Å². The van der Waals surface area contributed by atoms with E-state index in [0.717, 1.165) is 0 Å². The molecule has 0 aliphatic carbocycles. The first-order valence-corrected chi connectivity index (χ1v) is 10.1. The van der Waals surface area contributed by atoms with Gasteiger partial charge in [-0.2, -0.15) is 0 Å². The first-order chi connectivity index (χ1) is 17.0. The normalized spacial score (nSPS) is 11.0. The molecule has 2 aromatic carbocycles. The molecule has 0 aliphatic heterocycles. The van der Waals surface area contributed by atoms with E-state index in [1.54, 1.807) is 0 Å². The average molecular weight is 502 g/mol. The quantitative estimate of drug-likeness (QED) is 0.124. The van der Waals surface area contributed by atoms with Crippen LogP contribution in [0.25, 0.3) is 0 Å². The van der Waals surface area contributed by atoms with Crippen LogP contribution in [-0.2, 0) is 25.7 Å². The number of nitrogens with zero attached hydrogens (tertiary/aromatic N) is 2. The average Bonchev–Trinajstić information content (AvgIpc) is 2.80. The highest BCUT2D eigenvalue weighted by Crippen LogP contribution is 2.18. The van der Waals surface area contributed by atoms with Crippen molar-refractivity contribution in [2.45, 2.75) is 19.1 Å². The fraction of sp³-hybridized carbons (Fsp3) is 0.182. The van der Waals surface area contributed by atoms with Crippen LogP contribution in [0, 0.1) is 0 Å². The number of ether oxygens (including phenoxy) is 2. The van der Waals surface area contributed by atoms with Gasteiger partial charge in [0.25, 0.3) is 0 Å². The second-order valence-electron chi connectivity index (χ2n) is 7.15. The Kier molecular flexibility index (Phi) is 9.31. The van der Waals surface area contributed by atoms with Crippen molar-refractivity contribution in [1.82, 2.24) is 4.90 Å². The summed E-state index contributed by atoms with van der Waals surface area (Å²) in [5.41, 5.74) is 11.7. The van der Waals surface area contributed by atoms with E-state index in [4.69, 9.17) is 31.2 Å². The van der Waals surface area contributed by atoms with Crippen LogP contribution in [0.2, 0.25) is 0 Å². The Morgan fingerprint density at radius 1 is 0.889 bits per heavy atom. The SMILES string of the molecule is NC(N)=Nc1ccc(C(=O)Oc2ccc(COC(=O)N(CC(=O)O)C(CC(=O)O)C(=O)O)cc2)cc1. The van der Waals surface area contributed by atoms with Crippen LogP contribution in [0.5, 0.6) is 5.75 Å². The highest BCUT2D eigenvalue weighted by Gasteiger charge is 2.34. The van der Waals surface area contributed by atoms with Crippen molar-refractivity contribution in [2.24, 2.45) is 16.5 Å². The molecule has 1 atom stereocenters. The lowest BCUT2D eigenvalue weighted by Crippen LogP contribution is -2.48. The van der Waals surface area contributed by atoms with Gasteiger partial charge in [-0.1, -0.05) is 12.1 Å². The lowest BCUT2D eigenvalue weighted by molar-refractivity contribution is -0.151. The van der Waals surface area contributed by atoms with Crippen LogP contribution in [0.15, 0.2) is 53.5 Å². The van der Waals surface area contributed by atoms with Crippen molar-refractivity contribution in [3.63, 3.8) is 0 Å². The van der Waals surface area contributed by atoms with Gasteiger partial charge in [0.05, 0.1) is 17.7 Å². The number of nitrogens with two attached hydrogens (primary N) is 2. The molecule has 2 rings (SSSR count). The maximum Gasteiger partial charge on any atom is 0.411 e. The molecular weight excluding hydrogens is 480 g/mol. The monoisotopic (exact) mass is 502 g/mol. The number of rotatable bonds is 11. The second kappa shape index (κ2) is 12.4. The highest BCUT2D eigenvalue weighted by atomic mass is 16.6. The zero-order chi connectivity index (χ0) is 26.8. The van der Waals surface area contributed by atoms with E-state index in [1.807, 2.05) is 0 Å². The highest BCUT2D eigenvalue weighted by molar-refractivity contribution is 5.91. The maximum atomic E-state index is 12.3. The molecule has 0 heterocycles. The standard InChI is InChI=1S/C22H22N4O10/c23-21(24)25-14-5-3-13(4-6-14)20(33)36-15-7-1-12(2-8-15)11-35-22(34)26(10-18(29)30)16(19(31)32)9-17(27)28/h1-8,16H,9-11H2,(H,27,28)(H,29,30)(H,31,32)(H4,23,24,25). The summed E-state index contributed by atoms with van der Waals surface area (Å²) >= 11 is 0. The third kappa shape index (κ3) is 8.33. The minimum Gasteiger partial charge on any atom is -0.481 e. The number of hydrogen-bond donors (Lipinski definition) is 5. The van der Waals surface area contributed by atoms with Crippen molar-refractivity contribution < 1.29 is 48.8 Å².